The van der Waals surface area contributed by atoms with Crippen LogP contribution in [-0.4, -0.2) is 28.8 Å². The van der Waals surface area contributed by atoms with Gasteiger partial charge in [0.1, 0.15) is 0 Å². The zero-order chi connectivity index (χ0) is 18.1. The Bertz CT molecular complexity index is 773. The normalized spacial score (nSPS) is 23.3. The molecule has 7 heteroatoms. The second-order valence-electron chi connectivity index (χ2n) is 7.55. The third-order valence-electron chi connectivity index (χ3n) is 5.85. The summed E-state index contributed by atoms with van der Waals surface area (Å²) < 4.78 is 1.80. The molecule has 1 aliphatic heterocycles. The molecule has 27 heavy (non-hydrogen) atoms. The van der Waals surface area contributed by atoms with Crippen LogP contribution in [0.4, 0.5) is 0 Å². The van der Waals surface area contributed by atoms with E-state index in [1.807, 2.05) is 43.7 Å². The maximum absolute atomic E-state index is 13.1. The number of amides is 1. The molecule has 0 spiro atoms. The van der Waals surface area contributed by atoms with Crippen LogP contribution in [0.1, 0.15) is 42.3 Å². The minimum absolute atomic E-state index is 0. The van der Waals surface area contributed by atoms with Gasteiger partial charge in [0, 0.05) is 37.3 Å². The Kier molecular flexibility index (Phi) is 6.45. The third-order valence-corrected chi connectivity index (χ3v) is 6.10. The highest BCUT2D eigenvalue weighted by atomic mass is 35.5. The van der Waals surface area contributed by atoms with Crippen molar-refractivity contribution >= 4 is 29.9 Å². The molecule has 2 N–H and O–H groups in total. The van der Waals surface area contributed by atoms with E-state index in [0.717, 1.165) is 22.7 Å². The van der Waals surface area contributed by atoms with E-state index in [1.165, 1.54) is 19.3 Å². The van der Waals surface area contributed by atoms with Crippen LogP contribution in [0.25, 0.3) is 0 Å². The lowest BCUT2D eigenvalue weighted by molar-refractivity contribution is -0.126. The van der Waals surface area contributed by atoms with Crippen molar-refractivity contribution in [1.82, 2.24) is 20.4 Å². The molecule has 0 radical (unpaired) electrons. The van der Waals surface area contributed by atoms with Crippen molar-refractivity contribution in [2.75, 3.05) is 13.1 Å². The van der Waals surface area contributed by atoms with Crippen LogP contribution >= 0.6 is 24.0 Å². The number of halogens is 2. The smallest absolute Gasteiger partial charge is 0.225 e. The number of hydrogen-bond donors (Lipinski definition) is 2. The highest BCUT2D eigenvalue weighted by Gasteiger charge is 2.37. The predicted molar refractivity (Wildman–Crippen MR) is 109 cm³/mol. The molecule has 1 saturated carbocycles. The molecular weight excluding hydrogens is 383 g/mol. The van der Waals surface area contributed by atoms with Gasteiger partial charge in [0.25, 0.3) is 0 Å². The Balaban J connectivity index is 0.00000210. The maximum Gasteiger partial charge on any atom is 0.225 e. The molecule has 1 aliphatic carbocycles. The summed E-state index contributed by atoms with van der Waals surface area (Å²) in [6.45, 7) is 1.53. The molecule has 3 atom stereocenters. The molecule has 1 aromatic heterocycles. The van der Waals surface area contributed by atoms with Crippen molar-refractivity contribution in [2.24, 2.45) is 18.9 Å². The SMILES string of the molecule is Cl.Cn1cc([C@H]2CNC[C@@H]2C(=O)NC(c2ccc(Cl)cc2)C2CCC2)cn1. The highest BCUT2D eigenvalue weighted by Crippen LogP contribution is 2.39. The molecule has 2 aromatic rings. The molecule has 2 heterocycles. The summed E-state index contributed by atoms with van der Waals surface area (Å²) in [6.07, 6.45) is 7.47. The Morgan fingerprint density at radius 3 is 2.63 bits per heavy atom. The quantitative estimate of drug-likeness (QED) is 0.795. The summed E-state index contributed by atoms with van der Waals surface area (Å²) in [5.41, 5.74) is 2.28. The van der Waals surface area contributed by atoms with Gasteiger partial charge in [-0.3, -0.25) is 9.48 Å². The summed E-state index contributed by atoms with van der Waals surface area (Å²) in [6, 6.07) is 7.96. The standard InChI is InChI=1S/C20H25ClN4O.ClH/c1-25-12-15(9-23-25)17-10-22-11-18(17)20(26)24-19(13-3-2-4-13)14-5-7-16(21)8-6-14;/h5-9,12-13,17-19,22H,2-4,10-11H2,1H3,(H,24,26);1H/t17-,18+,19?;/m1./s1. The Labute approximate surface area is 171 Å². The Hall–Kier alpha value is -1.56. The molecule has 1 unspecified atom stereocenters. The first-order valence-corrected chi connectivity index (χ1v) is 9.74. The molecule has 5 nitrogen and oxygen atoms in total. The van der Waals surface area contributed by atoms with Crippen LogP contribution in [0.15, 0.2) is 36.7 Å². The zero-order valence-corrected chi connectivity index (χ0v) is 17.0. The largest absolute Gasteiger partial charge is 0.349 e. The van der Waals surface area contributed by atoms with E-state index < -0.39 is 0 Å². The lowest BCUT2D eigenvalue weighted by atomic mass is 9.77. The number of aromatic nitrogens is 2. The predicted octanol–water partition coefficient (Wildman–Crippen LogP) is 3.46. The van der Waals surface area contributed by atoms with Gasteiger partial charge in [-0.1, -0.05) is 30.2 Å². The average Bonchev–Trinajstić information content (AvgIpc) is 3.22. The first-order valence-electron chi connectivity index (χ1n) is 9.37. The first-order chi connectivity index (χ1) is 12.6. The molecule has 2 aliphatic rings. The van der Waals surface area contributed by atoms with Gasteiger partial charge >= 0.3 is 0 Å². The summed E-state index contributed by atoms with van der Waals surface area (Å²) in [5.74, 6) is 0.770. The minimum Gasteiger partial charge on any atom is -0.349 e. The fraction of sp³-hybridized carbons (Fsp3) is 0.500. The molecule has 1 saturated heterocycles. The second-order valence-corrected chi connectivity index (χ2v) is 7.98. The molecular formula is C20H26Cl2N4O. The van der Waals surface area contributed by atoms with E-state index in [1.54, 1.807) is 4.68 Å². The van der Waals surface area contributed by atoms with Gasteiger partial charge in [-0.05, 0) is 42.0 Å². The van der Waals surface area contributed by atoms with Crippen LogP contribution in [0.3, 0.4) is 0 Å². The van der Waals surface area contributed by atoms with Crippen molar-refractivity contribution in [3.8, 4) is 0 Å². The maximum atomic E-state index is 13.1. The summed E-state index contributed by atoms with van der Waals surface area (Å²) in [4.78, 5) is 13.1. The van der Waals surface area contributed by atoms with Gasteiger partial charge in [-0.25, -0.2) is 0 Å². The van der Waals surface area contributed by atoms with Gasteiger partial charge in [-0.2, -0.15) is 5.10 Å². The fourth-order valence-electron chi connectivity index (χ4n) is 4.11. The summed E-state index contributed by atoms with van der Waals surface area (Å²) in [7, 11) is 1.91. The first kappa shape index (κ1) is 20.2. The van der Waals surface area contributed by atoms with E-state index in [4.69, 9.17) is 11.6 Å². The zero-order valence-electron chi connectivity index (χ0n) is 15.4. The number of nitrogens with one attached hydrogen (secondary N) is 2. The van der Waals surface area contributed by atoms with E-state index in [0.29, 0.717) is 12.5 Å². The molecule has 1 aromatic carbocycles. The van der Waals surface area contributed by atoms with Crippen molar-refractivity contribution in [1.29, 1.82) is 0 Å². The van der Waals surface area contributed by atoms with E-state index in [2.05, 4.69) is 15.7 Å². The van der Waals surface area contributed by atoms with Gasteiger partial charge in [0.2, 0.25) is 5.91 Å². The molecule has 1 amide bonds. The summed E-state index contributed by atoms with van der Waals surface area (Å²) >= 11 is 6.04. The number of nitrogens with zero attached hydrogens (tertiary/aromatic N) is 2. The lowest BCUT2D eigenvalue weighted by Crippen LogP contribution is -2.41. The Morgan fingerprint density at radius 1 is 1.30 bits per heavy atom. The van der Waals surface area contributed by atoms with Crippen molar-refractivity contribution in [3.63, 3.8) is 0 Å². The molecule has 0 bridgehead atoms. The van der Waals surface area contributed by atoms with Crippen molar-refractivity contribution in [3.05, 3.63) is 52.8 Å². The fourth-order valence-corrected chi connectivity index (χ4v) is 4.24. The third kappa shape index (κ3) is 4.31. The topological polar surface area (TPSA) is 59.0 Å². The van der Waals surface area contributed by atoms with E-state index in [-0.39, 0.29) is 36.2 Å². The van der Waals surface area contributed by atoms with E-state index in [9.17, 15) is 4.79 Å². The molecule has 4 rings (SSSR count). The van der Waals surface area contributed by atoms with Crippen LogP contribution in [0.5, 0.6) is 0 Å². The van der Waals surface area contributed by atoms with Gasteiger partial charge in [0.05, 0.1) is 18.2 Å². The number of aryl methyl sites for hydroxylation is 1. The van der Waals surface area contributed by atoms with Crippen LogP contribution in [0, 0.1) is 11.8 Å². The molecule has 146 valence electrons. The highest BCUT2D eigenvalue weighted by molar-refractivity contribution is 6.30. The summed E-state index contributed by atoms with van der Waals surface area (Å²) in [5, 5.41) is 11.7. The Morgan fingerprint density at radius 2 is 2.04 bits per heavy atom. The van der Waals surface area contributed by atoms with Crippen molar-refractivity contribution < 1.29 is 4.79 Å². The van der Waals surface area contributed by atoms with Gasteiger partial charge < -0.3 is 10.6 Å². The van der Waals surface area contributed by atoms with E-state index >= 15 is 0 Å². The van der Waals surface area contributed by atoms with Crippen molar-refractivity contribution in [2.45, 2.75) is 31.2 Å². The van der Waals surface area contributed by atoms with Crippen LogP contribution in [-0.2, 0) is 11.8 Å². The second kappa shape index (κ2) is 8.63. The number of benzene rings is 1. The monoisotopic (exact) mass is 408 g/mol. The number of rotatable bonds is 5. The van der Waals surface area contributed by atoms with Crippen LogP contribution < -0.4 is 10.6 Å². The lowest BCUT2D eigenvalue weighted by Gasteiger charge is -2.35. The average molecular weight is 409 g/mol. The number of carbonyl (C=O) groups is 1. The van der Waals surface area contributed by atoms with Crippen LogP contribution in [0.2, 0.25) is 5.02 Å². The number of hydrogen-bond acceptors (Lipinski definition) is 3. The van der Waals surface area contributed by atoms with Gasteiger partial charge in [0.15, 0.2) is 0 Å². The van der Waals surface area contributed by atoms with Gasteiger partial charge in [-0.15, -0.1) is 12.4 Å². The minimum atomic E-state index is -0.0610. The number of carbonyl (C=O) groups excluding carboxylic acids is 1. The molecule has 2 fully saturated rings.